The molecule has 5 heteroatoms. The highest BCUT2D eigenvalue weighted by molar-refractivity contribution is 6.03. The van der Waals surface area contributed by atoms with E-state index >= 15 is 0 Å². The lowest BCUT2D eigenvalue weighted by Gasteiger charge is -2.22. The molecule has 1 N–H and O–H groups in total. The molecule has 0 spiro atoms. The van der Waals surface area contributed by atoms with Crippen molar-refractivity contribution in [3.63, 3.8) is 0 Å². The van der Waals surface area contributed by atoms with Crippen LogP contribution in [0.25, 0.3) is 4.85 Å². The summed E-state index contributed by atoms with van der Waals surface area (Å²) in [7, 11) is 0. The Morgan fingerprint density at radius 1 is 1.23 bits per heavy atom. The molecule has 2 amide bonds. The number of benzene rings is 2. The van der Waals surface area contributed by atoms with Crippen LogP contribution < -0.4 is 10.2 Å². The molecule has 1 aliphatic rings. The lowest BCUT2D eigenvalue weighted by molar-refractivity contribution is -0.123. The van der Waals surface area contributed by atoms with Gasteiger partial charge in [-0.25, -0.2) is 9.64 Å². The van der Waals surface area contributed by atoms with Crippen molar-refractivity contribution in [2.24, 2.45) is 0 Å². The van der Waals surface area contributed by atoms with Crippen molar-refractivity contribution in [2.75, 3.05) is 11.4 Å². The van der Waals surface area contributed by atoms with Crippen molar-refractivity contribution in [1.82, 2.24) is 5.32 Å². The molecule has 1 aliphatic heterocycles. The molecule has 132 valence electrons. The number of urea groups is 1. The fraction of sp³-hybridized carbons (Fsp3) is 0.286. The SMILES string of the molecule is [C-]#[N+]c1ccc(CC(=O)C2(C)CN(c3ccc(C)cc3)C(=O)N2)cc1C. The molecule has 2 aromatic rings. The molecule has 0 radical (unpaired) electrons. The van der Waals surface area contributed by atoms with Crippen molar-refractivity contribution >= 4 is 23.2 Å². The van der Waals surface area contributed by atoms with Gasteiger partial charge in [-0.2, -0.15) is 0 Å². The maximum absolute atomic E-state index is 12.9. The summed E-state index contributed by atoms with van der Waals surface area (Å²) in [5, 5.41) is 2.84. The number of Topliss-reactive ketones (excluding diaryl/α,β-unsaturated/α-hetero) is 1. The van der Waals surface area contributed by atoms with Gasteiger partial charge < -0.3 is 5.32 Å². The van der Waals surface area contributed by atoms with Crippen LogP contribution in [0.15, 0.2) is 42.5 Å². The summed E-state index contributed by atoms with van der Waals surface area (Å²) in [6, 6.07) is 12.8. The van der Waals surface area contributed by atoms with E-state index in [1.807, 2.05) is 44.2 Å². The summed E-state index contributed by atoms with van der Waals surface area (Å²) in [6.07, 6.45) is 0.220. The van der Waals surface area contributed by atoms with Gasteiger partial charge in [0.1, 0.15) is 5.54 Å². The van der Waals surface area contributed by atoms with Crippen LogP contribution in [-0.4, -0.2) is 23.9 Å². The fourth-order valence-corrected chi connectivity index (χ4v) is 3.16. The number of aryl methyl sites for hydroxylation is 2. The number of hydrogen-bond acceptors (Lipinski definition) is 2. The van der Waals surface area contributed by atoms with Gasteiger partial charge in [0.15, 0.2) is 11.5 Å². The van der Waals surface area contributed by atoms with Crippen LogP contribution in [0.2, 0.25) is 0 Å². The maximum Gasteiger partial charge on any atom is 0.322 e. The van der Waals surface area contributed by atoms with Gasteiger partial charge in [-0.05, 0) is 44.0 Å². The van der Waals surface area contributed by atoms with Crippen molar-refractivity contribution < 1.29 is 9.59 Å². The highest BCUT2D eigenvalue weighted by Gasteiger charge is 2.44. The molecule has 5 nitrogen and oxygen atoms in total. The quantitative estimate of drug-likeness (QED) is 0.851. The number of carbonyl (C=O) groups excluding carboxylic acids is 2. The first kappa shape index (κ1) is 17.7. The lowest BCUT2D eigenvalue weighted by Crippen LogP contribution is -2.48. The minimum atomic E-state index is -0.936. The Kier molecular flexibility index (Phi) is 4.52. The molecule has 1 heterocycles. The predicted molar refractivity (Wildman–Crippen MR) is 102 cm³/mol. The van der Waals surface area contributed by atoms with E-state index in [1.165, 1.54) is 0 Å². The van der Waals surface area contributed by atoms with Gasteiger partial charge in [0.25, 0.3) is 0 Å². The second-order valence-corrected chi connectivity index (χ2v) is 7.02. The number of ketones is 1. The lowest BCUT2D eigenvalue weighted by atomic mass is 9.91. The Morgan fingerprint density at radius 2 is 1.92 bits per heavy atom. The third kappa shape index (κ3) is 3.31. The summed E-state index contributed by atoms with van der Waals surface area (Å²) < 4.78 is 0. The maximum atomic E-state index is 12.9. The first-order chi connectivity index (χ1) is 12.3. The van der Waals surface area contributed by atoms with Gasteiger partial charge >= 0.3 is 6.03 Å². The number of hydrogen-bond donors (Lipinski definition) is 1. The van der Waals surface area contributed by atoms with E-state index in [0.717, 1.165) is 22.4 Å². The molecule has 0 aliphatic carbocycles. The van der Waals surface area contributed by atoms with Crippen molar-refractivity contribution in [3.05, 3.63) is 70.6 Å². The largest absolute Gasteiger partial charge is 0.324 e. The standard InChI is InChI=1S/C21H21N3O2/c1-14-5-8-17(9-6-14)24-13-21(3,23-20(24)26)19(25)12-16-7-10-18(22-4)15(2)11-16/h5-11H,12-13H2,1-3H3,(H,23,26). The zero-order valence-electron chi connectivity index (χ0n) is 15.2. The summed E-state index contributed by atoms with van der Waals surface area (Å²) in [5.41, 5.74) is 3.25. The van der Waals surface area contributed by atoms with Crippen LogP contribution in [-0.2, 0) is 11.2 Å². The summed E-state index contributed by atoms with van der Waals surface area (Å²) in [4.78, 5) is 30.3. The normalized spacial score (nSPS) is 19.2. The molecular weight excluding hydrogens is 326 g/mol. The first-order valence-corrected chi connectivity index (χ1v) is 8.49. The van der Waals surface area contributed by atoms with Crippen LogP contribution >= 0.6 is 0 Å². The van der Waals surface area contributed by atoms with Crippen LogP contribution in [0, 0.1) is 20.4 Å². The number of nitrogens with zero attached hydrogens (tertiary/aromatic N) is 2. The molecule has 26 heavy (non-hydrogen) atoms. The average Bonchev–Trinajstić information content (AvgIpc) is 2.92. The fourth-order valence-electron chi connectivity index (χ4n) is 3.16. The highest BCUT2D eigenvalue weighted by Crippen LogP contribution is 2.26. The number of nitrogens with one attached hydrogen (secondary N) is 1. The minimum absolute atomic E-state index is 0.0459. The summed E-state index contributed by atoms with van der Waals surface area (Å²) >= 11 is 0. The van der Waals surface area contributed by atoms with Gasteiger partial charge in [-0.15, -0.1) is 0 Å². The highest BCUT2D eigenvalue weighted by atomic mass is 16.2. The third-order valence-corrected chi connectivity index (χ3v) is 4.81. The Hall–Kier alpha value is -3.13. The van der Waals surface area contributed by atoms with Gasteiger partial charge in [0.05, 0.1) is 13.1 Å². The number of rotatable bonds is 4. The Bertz CT molecular complexity index is 912. The average molecular weight is 347 g/mol. The molecule has 0 aromatic heterocycles. The minimum Gasteiger partial charge on any atom is -0.324 e. The molecule has 2 aromatic carbocycles. The molecule has 0 saturated carbocycles. The smallest absolute Gasteiger partial charge is 0.322 e. The summed E-state index contributed by atoms with van der Waals surface area (Å²) in [5.74, 6) is -0.0459. The van der Waals surface area contributed by atoms with Gasteiger partial charge in [0, 0.05) is 12.1 Å². The number of amides is 2. The van der Waals surface area contributed by atoms with Gasteiger partial charge in [-0.3, -0.25) is 9.69 Å². The molecular formula is C21H21N3O2. The topological polar surface area (TPSA) is 53.8 Å². The molecule has 1 unspecified atom stereocenters. The number of anilines is 1. The number of carbonyl (C=O) groups is 2. The van der Waals surface area contributed by atoms with Crippen molar-refractivity contribution in [1.29, 1.82) is 0 Å². The predicted octanol–water partition coefficient (Wildman–Crippen LogP) is 3.95. The first-order valence-electron chi connectivity index (χ1n) is 8.49. The van der Waals surface area contributed by atoms with Gasteiger partial charge in [0.2, 0.25) is 0 Å². The molecule has 1 atom stereocenters. The van der Waals surface area contributed by atoms with E-state index in [9.17, 15) is 9.59 Å². The van der Waals surface area contributed by atoms with E-state index in [-0.39, 0.29) is 18.2 Å². The third-order valence-electron chi connectivity index (χ3n) is 4.81. The Morgan fingerprint density at radius 3 is 2.54 bits per heavy atom. The summed E-state index contributed by atoms with van der Waals surface area (Å²) in [6.45, 7) is 13.0. The zero-order chi connectivity index (χ0) is 18.9. The van der Waals surface area contributed by atoms with Crippen LogP contribution in [0.3, 0.4) is 0 Å². The molecule has 1 saturated heterocycles. The van der Waals surface area contributed by atoms with Crippen LogP contribution in [0.1, 0.15) is 23.6 Å². The van der Waals surface area contributed by atoms with Crippen LogP contribution in [0.5, 0.6) is 0 Å². The second-order valence-electron chi connectivity index (χ2n) is 7.02. The van der Waals surface area contributed by atoms with E-state index in [0.29, 0.717) is 12.2 Å². The van der Waals surface area contributed by atoms with Crippen molar-refractivity contribution in [2.45, 2.75) is 32.7 Å². The van der Waals surface area contributed by atoms with Crippen LogP contribution in [0.4, 0.5) is 16.2 Å². The second kappa shape index (κ2) is 6.64. The van der Waals surface area contributed by atoms with E-state index in [1.54, 1.807) is 24.0 Å². The van der Waals surface area contributed by atoms with E-state index in [4.69, 9.17) is 6.57 Å². The Labute approximate surface area is 153 Å². The molecule has 1 fully saturated rings. The van der Waals surface area contributed by atoms with E-state index in [2.05, 4.69) is 10.2 Å². The monoisotopic (exact) mass is 347 g/mol. The zero-order valence-corrected chi connectivity index (χ0v) is 15.2. The van der Waals surface area contributed by atoms with Crippen molar-refractivity contribution in [3.8, 4) is 0 Å². The van der Waals surface area contributed by atoms with E-state index < -0.39 is 5.54 Å². The molecule has 0 bridgehead atoms. The Balaban J connectivity index is 1.77. The van der Waals surface area contributed by atoms with Gasteiger partial charge in [-0.1, -0.05) is 35.9 Å². The molecule has 3 rings (SSSR count).